The van der Waals surface area contributed by atoms with Gasteiger partial charge < -0.3 is 5.11 Å². The van der Waals surface area contributed by atoms with Crippen molar-refractivity contribution in [3.63, 3.8) is 0 Å². The first kappa shape index (κ1) is 12.3. The highest BCUT2D eigenvalue weighted by Gasteiger charge is 2.12. The Balaban J connectivity index is 2.59. The lowest BCUT2D eigenvalue weighted by Crippen LogP contribution is -1.91. The van der Waals surface area contributed by atoms with E-state index in [1.165, 1.54) is 27.1 Å². The van der Waals surface area contributed by atoms with Gasteiger partial charge in [-0.25, -0.2) is 4.98 Å². The highest BCUT2D eigenvalue weighted by Crippen LogP contribution is 2.31. The van der Waals surface area contributed by atoms with Crippen LogP contribution < -0.4 is 0 Å². The molecule has 0 amide bonds. The average Bonchev–Trinajstić information content (AvgIpc) is 2.65. The van der Waals surface area contributed by atoms with Crippen LogP contribution in [0.15, 0.2) is 12.1 Å². The Morgan fingerprint density at radius 1 is 1.06 bits per heavy atom. The van der Waals surface area contributed by atoms with Gasteiger partial charge in [-0.2, -0.15) is 0 Å². The van der Waals surface area contributed by atoms with Gasteiger partial charge in [0.2, 0.25) is 0 Å². The number of rotatable bonds is 2. The maximum atomic E-state index is 9.14. The first-order chi connectivity index (χ1) is 8.02. The summed E-state index contributed by atoms with van der Waals surface area (Å²) in [7, 11) is 0. The molecule has 0 aliphatic heterocycles. The standard InChI is InChI=1S/C14H17NOS/c1-8-5-10(3)12(6-9(8)2)14-11(4)17-13(7-16)15-14/h5-6,16H,7H2,1-4H3. The zero-order valence-electron chi connectivity index (χ0n) is 10.7. The van der Waals surface area contributed by atoms with Gasteiger partial charge in [-0.1, -0.05) is 6.07 Å². The van der Waals surface area contributed by atoms with E-state index >= 15 is 0 Å². The van der Waals surface area contributed by atoms with E-state index in [9.17, 15) is 0 Å². The highest BCUT2D eigenvalue weighted by molar-refractivity contribution is 7.12. The number of aliphatic hydroxyl groups is 1. The Morgan fingerprint density at radius 3 is 2.29 bits per heavy atom. The van der Waals surface area contributed by atoms with Gasteiger partial charge in [-0.15, -0.1) is 11.3 Å². The van der Waals surface area contributed by atoms with E-state index in [2.05, 4.69) is 44.8 Å². The number of nitrogens with zero attached hydrogens (tertiary/aromatic N) is 1. The Labute approximate surface area is 106 Å². The van der Waals surface area contributed by atoms with Gasteiger partial charge in [-0.3, -0.25) is 0 Å². The normalized spacial score (nSPS) is 10.9. The molecule has 3 heteroatoms. The molecule has 1 heterocycles. The van der Waals surface area contributed by atoms with E-state index in [0.29, 0.717) is 0 Å². The first-order valence-electron chi connectivity index (χ1n) is 5.68. The number of thiazole rings is 1. The van der Waals surface area contributed by atoms with Crippen LogP contribution in [0.4, 0.5) is 0 Å². The van der Waals surface area contributed by atoms with Crippen LogP contribution in [-0.4, -0.2) is 10.1 Å². The lowest BCUT2D eigenvalue weighted by molar-refractivity contribution is 0.281. The summed E-state index contributed by atoms with van der Waals surface area (Å²) in [5, 5.41) is 9.93. The monoisotopic (exact) mass is 247 g/mol. The van der Waals surface area contributed by atoms with E-state index in [4.69, 9.17) is 5.11 Å². The predicted molar refractivity (Wildman–Crippen MR) is 72.4 cm³/mol. The molecule has 2 rings (SSSR count). The molecule has 0 saturated carbocycles. The zero-order chi connectivity index (χ0) is 12.6. The molecular formula is C14H17NOS. The Hall–Kier alpha value is -1.19. The SMILES string of the molecule is Cc1cc(C)c(-c2nc(CO)sc2C)cc1C. The summed E-state index contributed by atoms with van der Waals surface area (Å²) in [6, 6.07) is 4.38. The quantitative estimate of drug-likeness (QED) is 0.880. The molecule has 17 heavy (non-hydrogen) atoms. The Bertz CT molecular complexity index is 558. The van der Waals surface area contributed by atoms with Crippen LogP contribution >= 0.6 is 11.3 Å². The smallest absolute Gasteiger partial charge is 0.119 e. The third-order valence-electron chi connectivity index (χ3n) is 3.07. The van der Waals surface area contributed by atoms with Gasteiger partial charge in [0.25, 0.3) is 0 Å². The van der Waals surface area contributed by atoms with Gasteiger partial charge in [0.15, 0.2) is 0 Å². The summed E-state index contributed by atoms with van der Waals surface area (Å²) < 4.78 is 0. The summed E-state index contributed by atoms with van der Waals surface area (Å²) >= 11 is 1.57. The largest absolute Gasteiger partial charge is 0.389 e. The first-order valence-corrected chi connectivity index (χ1v) is 6.50. The summed E-state index contributed by atoms with van der Waals surface area (Å²) in [5.74, 6) is 0. The van der Waals surface area contributed by atoms with Gasteiger partial charge in [0, 0.05) is 10.4 Å². The number of hydrogen-bond acceptors (Lipinski definition) is 3. The number of benzene rings is 1. The molecule has 0 bridgehead atoms. The fourth-order valence-corrected chi connectivity index (χ4v) is 2.79. The van der Waals surface area contributed by atoms with Crippen molar-refractivity contribution in [3.05, 3.63) is 38.7 Å². The van der Waals surface area contributed by atoms with Crippen molar-refractivity contribution < 1.29 is 5.11 Å². The molecule has 2 aromatic rings. The van der Waals surface area contributed by atoms with Crippen molar-refractivity contribution in [2.75, 3.05) is 0 Å². The molecule has 1 aromatic carbocycles. The third-order valence-corrected chi connectivity index (χ3v) is 4.03. The van der Waals surface area contributed by atoms with Crippen LogP contribution in [0.5, 0.6) is 0 Å². The van der Waals surface area contributed by atoms with Crippen molar-refractivity contribution in [3.8, 4) is 11.3 Å². The maximum Gasteiger partial charge on any atom is 0.119 e. The van der Waals surface area contributed by atoms with Crippen molar-refractivity contribution in [2.24, 2.45) is 0 Å². The number of aromatic nitrogens is 1. The minimum absolute atomic E-state index is 0.0232. The molecule has 1 N–H and O–H groups in total. The van der Waals surface area contributed by atoms with Crippen molar-refractivity contribution >= 4 is 11.3 Å². The molecule has 0 saturated heterocycles. The van der Waals surface area contributed by atoms with E-state index in [1.54, 1.807) is 11.3 Å². The van der Waals surface area contributed by atoms with Crippen LogP contribution in [0, 0.1) is 27.7 Å². The third kappa shape index (κ3) is 2.26. The highest BCUT2D eigenvalue weighted by atomic mass is 32.1. The van der Waals surface area contributed by atoms with Crippen molar-refractivity contribution in [1.82, 2.24) is 4.98 Å². The summed E-state index contributed by atoms with van der Waals surface area (Å²) in [6.07, 6.45) is 0. The van der Waals surface area contributed by atoms with Crippen LogP contribution in [0.2, 0.25) is 0 Å². The van der Waals surface area contributed by atoms with E-state index < -0.39 is 0 Å². The van der Waals surface area contributed by atoms with E-state index in [0.717, 1.165) is 10.7 Å². The molecule has 0 unspecified atom stereocenters. The van der Waals surface area contributed by atoms with Crippen LogP contribution in [0.25, 0.3) is 11.3 Å². The second-order valence-electron chi connectivity index (χ2n) is 4.42. The van der Waals surface area contributed by atoms with Crippen LogP contribution in [0.1, 0.15) is 26.6 Å². The molecule has 0 radical (unpaired) electrons. The minimum atomic E-state index is 0.0232. The van der Waals surface area contributed by atoms with E-state index in [-0.39, 0.29) is 6.61 Å². The van der Waals surface area contributed by atoms with Crippen molar-refractivity contribution in [1.29, 1.82) is 0 Å². The van der Waals surface area contributed by atoms with Crippen molar-refractivity contribution in [2.45, 2.75) is 34.3 Å². The van der Waals surface area contributed by atoms with Crippen LogP contribution in [0.3, 0.4) is 0 Å². The molecule has 0 spiro atoms. The fourth-order valence-electron chi connectivity index (χ4n) is 1.98. The summed E-state index contributed by atoms with van der Waals surface area (Å²) in [6.45, 7) is 8.43. The second kappa shape index (κ2) is 4.59. The number of aliphatic hydroxyl groups excluding tert-OH is 1. The minimum Gasteiger partial charge on any atom is -0.389 e. The summed E-state index contributed by atoms with van der Waals surface area (Å²) in [4.78, 5) is 5.67. The molecule has 0 aliphatic rings. The van der Waals surface area contributed by atoms with Crippen LogP contribution in [-0.2, 0) is 6.61 Å². The predicted octanol–water partition coefficient (Wildman–Crippen LogP) is 3.54. The topological polar surface area (TPSA) is 33.1 Å². The molecule has 90 valence electrons. The Kier molecular flexibility index (Phi) is 3.31. The number of hydrogen-bond donors (Lipinski definition) is 1. The maximum absolute atomic E-state index is 9.14. The lowest BCUT2D eigenvalue weighted by atomic mass is 9.98. The molecular weight excluding hydrogens is 230 g/mol. The number of aryl methyl sites for hydroxylation is 4. The lowest BCUT2D eigenvalue weighted by Gasteiger charge is -2.08. The molecule has 2 nitrogen and oxygen atoms in total. The Morgan fingerprint density at radius 2 is 1.71 bits per heavy atom. The second-order valence-corrected chi connectivity index (χ2v) is 5.71. The fraction of sp³-hybridized carbons (Fsp3) is 0.357. The summed E-state index contributed by atoms with van der Waals surface area (Å²) in [5.41, 5.74) is 6.03. The van der Waals surface area contributed by atoms with E-state index in [1.807, 2.05) is 0 Å². The zero-order valence-corrected chi connectivity index (χ0v) is 11.5. The molecule has 0 fully saturated rings. The molecule has 0 aliphatic carbocycles. The molecule has 0 atom stereocenters. The van der Waals surface area contributed by atoms with Gasteiger partial charge >= 0.3 is 0 Å². The molecule has 1 aromatic heterocycles. The van der Waals surface area contributed by atoms with Gasteiger partial charge in [0.05, 0.1) is 12.3 Å². The van der Waals surface area contributed by atoms with Gasteiger partial charge in [0.1, 0.15) is 5.01 Å². The average molecular weight is 247 g/mol. The van der Waals surface area contributed by atoms with Gasteiger partial charge in [-0.05, 0) is 50.5 Å².